The zero-order valence-electron chi connectivity index (χ0n) is 10.3. The van der Waals surface area contributed by atoms with Gasteiger partial charge in [0.25, 0.3) is 0 Å². The first-order valence-electron chi connectivity index (χ1n) is 5.77. The van der Waals surface area contributed by atoms with E-state index >= 15 is 0 Å². The predicted octanol–water partition coefficient (Wildman–Crippen LogP) is 3.06. The van der Waals surface area contributed by atoms with Gasteiger partial charge in [0.2, 0.25) is 0 Å². The number of hydrogen-bond donors (Lipinski definition) is 1. The molecule has 94 valence electrons. The summed E-state index contributed by atoms with van der Waals surface area (Å²) in [7, 11) is 2.10. The third-order valence-electron chi connectivity index (χ3n) is 2.66. The Labute approximate surface area is 116 Å². The number of anilines is 1. The molecule has 0 fully saturated rings. The highest BCUT2D eigenvalue weighted by molar-refractivity contribution is 9.10. The second-order valence-electron chi connectivity index (χ2n) is 4.39. The number of nitrogens with two attached hydrogens (primary N) is 1. The van der Waals surface area contributed by atoms with E-state index in [4.69, 9.17) is 5.73 Å². The molecule has 0 bridgehead atoms. The van der Waals surface area contributed by atoms with Crippen LogP contribution in [-0.4, -0.2) is 16.9 Å². The molecule has 2 rings (SSSR count). The fourth-order valence-corrected chi connectivity index (χ4v) is 2.13. The normalized spacial score (nSPS) is 10.8. The van der Waals surface area contributed by atoms with Gasteiger partial charge in [0, 0.05) is 23.8 Å². The van der Waals surface area contributed by atoms with Gasteiger partial charge in [-0.2, -0.15) is 0 Å². The summed E-state index contributed by atoms with van der Waals surface area (Å²) >= 11 is 3.44. The maximum atomic E-state index is 5.67. The van der Waals surface area contributed by atoms with Crippen LogP contribution in [0.1, 0.15) is 11.1 Å². The number of halogens is 1. The minimum Gasteiger partial charge on any atom is -0.384 e. The molecule has 3 nitrogen and oxygen atoms in total. The average molecular weight is 306 g/mol. The third-order valence-corrected chi connectivity index (χ3v) is 3.19. The predicted molar refractivity (Wildman–Crippen MR) is 78.0 cm³/mol. The van der Waals surface area contributed by atoms with E-state index in [2.05, 4.69) is 57.1 Å². The van der Waals surface area contributed by atoms with Crippen molar-refractivity contribution in [3.8, 4) is 0 Å². The molecule has 1 aromatic heterocycles. The van der Waals surface area contributed by atoms with Crippen molar-refractivity contribution in [2.75, 3.05) is 12.8 Å². The van der Waals surface area contributed by atoms with Crippen molar-refractivity contribution in [3.05, 3.63) is 58.2 Å². The molecule has 4 heteroatoms. The summed E-state index contributed by atoms with van der Waals surface area (Å²) in [6.45, 7) is 1.78. The molecule has 0 saturated carbocycles. The van der Waals surface area contributed by atoms with Crippen LogP contribution in [0.15, 0.2) is 47.1 Å². The summed E-state index contributed by atoms with van der Waals surface area (Å²) in [5.74, 6) is 0.574. The standard InChI is InChI=1S/C14H16BrN3/c1-18(9-11-2-4-13(15)5-3-11)10-12-6-7-17-14(16)8-12/h2-8H,9-10H2,1H3,(H2,16,17). The Balaban J connectivity index is 1.96. The van der Waals surface area contributed by atoms with E-state index < -0.39 is 0 Å². The summed E-state index contributed by atoms with van der Waals surface area (Å²) in [6, 6.07) is 12.3. The van der Waals surface area contributed by atoms with Crippen LogP contribution < -0.4 is 5.73 Å². The van der Waals surface area contributed by atoms with Crippen molar-refractivity contribution in [1.82, 2.24) is 9.88 Å². The molecule has 0 unspecified atom stereocenters. The molecule has 2 N–H and O–H groups in total. The van der Waals surface area contributed by atoms with Crippen LogP contribution in [0.25, 0.3) is 0 Å². The maximum absolute atomic E-state index is 5.67. The summed E-state index contributed by atoms with van der Waals surface area (Å²) in [6.07, 6.45) is 1.75. The topological polar surface area (TPSA) is 42.2 Å². The lowest BCUT2D eigenvalue weighted by molar-refractivity contribution is 0.319. The number of aromatic nitrogens is 1. The van der Waals surface area contributed by atoms with Gasteiger partial charge in [-0.3, -0.25) is 4.90 Å². The molecule has 0 aliphatic carbocycles. The van der Waals surface area contributed by atoms with Gasteiger partial charge < -0.3 is 5.73 Å². The van der Waals surface area contributed by atoms with Crippen molar-refractivity contribution in [1.29, 1.82) is 0 Å². The highest BCUT2D eigenvalue weighted by Crippen LogP contribution is 2.13. The monoisotopic (exact) mass is 305 g/mol. The molecular formula is C14H16BrN3. The zero-order chi connectivity index (χ0) is 13.0. The lowest BCUT2D eigenvalue weighted by Gasteiger charge is -2.17. The number of rotatable bonds is 4. The number of nitrogen functional groups attached to an aromatic ring is 1. The molecule has 0 spiro atoms. The fourth-order valence-electron chi connectivity index (χ4n) is 1.86. The number of pyridine rings is 1. The molecule has 0 amide bonds. The second-order valence-corrected chi connectivity index (χ2v) is 5.30. The molecule has 2 aromatic rings. The van der Waals surface area contributed by atoms with Crippen LogP contribution in [0.2, 0.25) is 0 Å². The highest BCUT2D eigenvalue weighted by Gasteiger charge is 2.02. The largest absolute Gasteiger partial charge is 0.384 e. The first-order chi connectivity index (χ1) is 8.63. The van der Waals surface area contributed by atoms with Gasteiger partial charge in [0.15, 0.2) is 0 Å². The van der Waals surface area contributed by atoms with Gasteiger partial charge in [-0.1, -0.05) is 28.1 Å². The Kier molecular flexibility index (Phi) is 4.33. The molecule has 18 heavy (non-hydrogen) atoms. The van der Waals surface area contributed by atoms with Crippen LogP contribution in [0.5, 0.6) is 0 Å². The van der Waals surface area contributed by atoms with Gasteiger partial charge in [0.1, 0.15) is 5.82 Å². The molecule has 1 heterocycles. The number of nitrogens with zero attached hydrogens (tertiary/aromatic N) is 2. The smallest absolute Gasteiger partial charge is 0.123 e. The van der Waals surface area contributed by atoms with Gasteiger partial charge >= 0.3 is 0 Å². The number of benzene rings is 1. The van der Waals surface area contributed by atoms with Crippen LogP contribution in [0, 0.1) is 0 Å². The van der Waals surface area contributed by atoms with E-state index in [1.165, 1.54) is 11.1 Å². The van der Waals surface area contributed by atoms with Crippen LogP contribution in [0.4, 0.5) is 5.82 Å². The first kappa shape index (κ1) is 13.1. The van der Waals surface area contributed by atoms with Crippen molar-refractivity contribution >= 4 is 21.7 Å². The zero-order valence-corrected chi connectivity index (χ0v) is 11.9. The average Bonchev–Trinajstić information content (AvgIpc) is 2.32. The Hall–Kier alpha value is -1.39. The van der Waals surface area contributed by atoms with Gasteiger partial charge in [0.05, 0.1) is 0 Å². The maximum Gasteiger partial charge on any atom is 0.123 e. The number of hydrogen-bond acceptors (Lipinski definition) is 3. The third kappa shape index (κ3) is 3.82. The van der Waals surface area contributed by atoms with E-state index in [0.29, 0.717) is 5.82 Å². The van der Waals surface area contributed by atoms with Gasteiger partial charge in [-0.05, 0) is 42.4 Å². The van der Waals surface area contributed by atoms with E-state index in [1.54, 1.807) is 6.20 Å². The molecule has 0 aliphatic heterocycles. The summed E-state index contributed by atoms with van der Waals surface area (Å²) in [5, 5.41) is 0. The molecule has 0 aliphatic rings. The molecule has 0 radical (unpaired) electrons. The Morgan fingerprint density at radius 3 is 2.44 bits per heavy atom. The Morgan fingerprint density at radius 2 is 1.78 bits per heavy atom. The SMILES string of the molecule is CN(Cc1ccc(Br)cc1)Cc1ccnc(N)c1. The molecule has 0 saturated heterocycles. The van der Waals surface area contributed by atoms with E-state index in [0.717, 1.165) is 17.6 Å². The summed E-state index contributed by atoms with van der Waals surface area (Å²) in [5.41, 5.74) is 8.15. The van der Waals surface area contributed by atoms with Gasteiger partial charge in [-0.25, -0.2) is 4.98 Å². The Morgan fingerprint density at radius 1 is 1.11 bits per heavy atom. The van der Waals surface area contributed by atoms with Crippen molar-refractivity contribution in [2.24, 2.45) is 0 Å². The molecule has 0 atom stereocenters. The van der Waals surface area contributed by atoms with Crippen LogP contribution in [-0.2, 0) is 13.1 Å². The minimum atomic E-state index is 0.574. The minimum absolute atomic E-state index is 0.574. The highest BCUT2D eigenvalue weighted by atomic mass is 79.9. The lowest BCUT2D eigenvalue weighted by atomic mass is 10.2. The van der Waals surface area contributed by atoms with E-state index in [9.17, 15) is 0 Å². The van der Waals surface area contributed by atoms with Gasteiger partial charge in [-0.15, -0.1) is 0 Å². The first-order valence-corrected chi connectivity index (χ1v) is 6.56. The quantitative estimate of drug-likeness (QED) is 0.944. The molecule has 1 aromatic carbocycles. The van der Waals surface area contributed by atoms with Crippen molar-refractivity contribution in [2.45, 2.75) is 13.1 Å². The van der Waals surface area contributed by atoms with Crippen LogP contribution >= 0.6 is 15.9 Å². The lowest BCUT2D eigenvalue weighted by Crippen LogP contribution is -2.17. The van der Waals surface area contributed by atoms with E-state index in [1.807, 2.05) is 12.1 Å². The summed E-state index contributed by atoms with van der Waals surface area (Å²) in [4.78, 5) is 6.24. The fraction of sp³-hybridized carbons (Fsp3) is 0.214. The summed E-state index contributed by atoms with van der Waals surface area (Å²) < 4.78 is 1.11. The molecular weight excluding hydrogens is 290 g/mol. The van der Waals surface area contributed by atoms with Crippen LogP contribution in [0.3, 0.4) is 0 Å². The second kappa shape index (κ2) is 5.98. The Bertz CT molecular complexity index is 511. The van der Waals surface area contributed by atoms with E-state index in [-0.39, 0.29) is 0 Å². The van der Waals surface area contributed by atoms with Crippen molar-refractivity contribution < 1.29 is 0 Å². The van der Waals surface area contributed by atoms with Crippen molar-refractivity contribution in [3.63, 3.8) is 0 Å².